The number of aryl methyl sites for hydroxylation is 2. The Hall–Kier alpha value is -4.28. The maximum Gasteiger partial charge on any atom is 0.305 e. The first-order valence-corrected chi connectivity index (χ1v) is 30.8. The molecule has 6 unspecified atom stereocenters. The summed E-state index contributed by atoms with van der Waals surface area (Å²) in [4.78, 5) is 24.5. The molecule has 6 rings (SSSR count). The predicted molar refractivity (Wildman–Crippen MR) is 332 cm³/mol. The molecule has 4 aromatic carbocycles. The lowest BCUT2D eigenvalue weighted by Gasteiger charge is -2.33. The molecule has 0 amide bonds. The summed E-state index contributed by atoms with van der Waals surface area (Å²) < 4.78 is 55.9. The Kier molecular flexibility index (Phi) is 21.1. The van der Waals surface area contributed by atoms with Gasteiger partial charge in [0, 0.05) is 64.7 Å². The van der Waals surface area contributed by atoms with Crippen LogP contribution in [0.15, 0.2) is 72.8 Å². The lowest BCUT2D eigenvalue weighted by Crippen LogP contribution is -2.43. The molecule has 0 radical (unpaired) electrons. The van der Waals surface area contributed by atoms with E-state index in [2.05, 4.69) is 221 Å². The van der Waals surface area contributed by atoms with Crippen molar-refractivity contribution in [3.8, 4) is 23.0 Å². The van der Waals surface area contributed by atoms with Gasteiger partial charge in [-0.1, -0.05) is 145 Å². The van der Waals surface area contributed by atoms with E-state index < -0.39 is 12.2 Å². The van der Waals surface area contributed by atoms with Crippen LogP contribution in [0.5, 0.6) is 23.0 Å². The van der Waals surface area contributed by atoms with Gasteiger partial charge in [-0.05, 0) is 123 Å². The number of hydrogen-bond donors (Lipinski definition) is 0. The van der Waals surface area contributed by atoms with E-state index in [1.807, 2.05) is 0 Å². The Morgan fingerprint density at radius 2 is 0.790 bits per heavy atom. The minimum absolute atomic E-state index is 0.0692. The number of carbonyl (C=O) groups is 2. The number of carbonyl (C=O) groups excluding carboxylic acids is 2. The third-order valence-electron chi connectivity index (χ3n) is 15.5. The molecule has 14 heteroatoms. The van der Waals surface area contributed by atoms with Crippen molar-refractivity contribution in [1.82, 2.24) is 9.34 Å². The largest absolute Gasteiger partial charge is 0.489 e. The molecule has 6 atom stereocenters. The molecule has 2 aliphatic rings. The number of rotatable bonds is 20. The molecule has 2 heterocycles. The van der Waals surface area contributed by atoms with Crippen LogP contribution >= 0.6 is 17.9 Å². The van der Waals surface area contributed by atoms with E-state index in [9.17, 15) is 9.59 Å². The second-order valence-electron chi connectivity index (χ2n) is 28.9. The van der Waals surface area contributed by atoms with Crippen LogP contribution in [0, 0.1) is 0 Å². The molecule has 0 aromatic heterocycles. The molecule has 2 saturated heterocycles. The quantitative estimate of drug-likeness (QED) is 0.0620. The SMILES string of the molecule is COC(=O)CCc1cc(C(C)(C)C)c(OCC(Oc2ccc(C(C)(C)c3ccc(OC(COc4c(C(C)(C)C)cc(CCC(=O)OC)cc4C(C)(C)C)C4CN(C(C)(C)C)PO4)cc3)cc2)C2CN(C(C)(C)C)PO2)c(C(C)(C)C)c1. The van der Waals surface area contributed by atoms with Crippen LogP contribution in [-0.4, -0.2) is 97.3 Å². The Morgan fingerprint density at radius 3 is 1.04 bits per heavy atom. The number of benzene rings is 4. The fraction of sp³-hybridized carbons (Fsp3) is 0.612. The van der Waals surface area contributed by atoms with Gasteiger partial charge in [0.15, 0.2) is 12.2 Å². The molecule has 12 nitrogen and oxygen atoms in total. The van der Waals surface area contributed by atoms with Gasteiger partial charge in [-0.2, -0.15) is 0 Å². The van der Waals surface area contributed by atoms with Crippen LogP contribution in [0.2, 0.25) is 0 Å². The van der Waals surface area contributed by atoms with Gasteiger partial charge in [-0.3, -0.25) is 18.9 Å². The van der Waals surface area contributed by atoms with Gasteiger partial charge in [-0.15, -0.1) is 0 Å². The minimum Gasteiger partial charge on any atom is -0.489 e. The number of methoxy groups -OCH3 is 2. The summed E-state index contributed by atoms with van der Waals surface area (Å²) in [5, 5.41) is 0. The lowest BCUT2D eigenvalue weighted by molar-refractivity contribution is -0.141. The first kappa shape index (κ1) is 65.9. The van der Waals surface area contributed by atoms with E-state index in [4.69, 9.17) is 37.5 Å². The Morgan fingerprint density at radius 1 is 0.494 bits per heavy atom. The molecule has 81 heavy (non-hydrogen) atoms. The Bertz CT molecular complexity index is 2500. The molecule has 4 aromatic rings. The summed E-state index contributed by atoms with van der Waals surface area (Å²) in [6.07, 6.45) is 0.510. The highest BCUT2D eigenvalue weighted by Gasteiger charge is 2.41. The number of hydrogen-bond acceptors (Lipinski definition) is 12. The second-order valence-corrected chi connectivity index (χ2v) is 30.8. The van der Waals surface area contributed by atoms with Gasteiger partial charge in [0.1, 0.15) is 48.4 Å². The maximum absolute atomic E-state index is 12.2. The molecule has 2 aliphatic heterocycles. The first-order valence-electron chi connectivity index (χ1n) is 29.1. The standard InChI is InChI=1S/C67H100N2O10P2/c1-61(2,3)49-35-43(23-33-57(70)72-21)36-50(62(4,5)6)59(49)74-41-55(53-39-68(80-78-53)65(13,14)15)76-47-29-25-45(26-30-47)67(19,20)46-27-31-48(32-28-46)77-56(54-40-69(81-79-54)66(16,17)18)42-75-60-51(63(7,8)9)37-44(24-34-58(71)73-22)38-52(60)64(10,11)12/h25-32,35-38,53-56,80-81H,23-24,33-34,39-42H2,1-22H3. The summed E-state index contributed by atoms with van der Waals surface area (Å²) in [5.74, 6) is 2.75. The van der Waals surface area contributed by atoms with Crippen LogP contribution in [0.1, 0.15) is 196 Å². The van der Waals surface area contributed by atoms with E-state index in [0.717, 1.165) is 67.5 Å². The highest BCUT2D eigenvalue weighted by atomic mass is 31.1. The van der Waals surface area contributed by atoms with Crippen molar-refractivity contribution in [1.29, 1.82) is 0 Å². The van der Waals surface area contributed by atoms with Crippen molar-refractivity contribution in [2.24, 2.45) is 0 Å². The summed E-state index contributed by atoms with van der Waals surface area (Å²) in [6, 6.07) is 25.7. The fourth-order valence-corrected chi connectivity index (χ4v) is 12.1. The van der Waals surface area contributed by atoms with Crippen molar-refractivity contribution >= 4 is 29.9 Å². The summed E-state index contributed by atoms with van der Waals surface area (Å²) in [7, 11) is 3.30. The van der Waals surface area contributed by atoms with Crippen molar-refractivity contribution in [3.63, 3.8) is 0 Å². The van der Waals surface area contributed by atoms with Crippen LogP contribution in [-0.2, 0) is 68.0 Å². The third-order valence-corrected chi connectivity index (χ3v) is 18.5. The van der Waals surface area contributed by atoms with Gasteiger partial charge in [0.05, 0.1) is 32.1 Å². The molecular weight excluding hydrogens is 1050 g/mol. The van der Waals surface area contributed by atoms with Gasteiger partial charge >= 0.3 is 11.9 Å². The van der Waals surface area contributed by atoms with E-state index in [1.54, 1.807) is 0 Å². The van der Waals surface area contributed by atoms with Crippen molar-refractivity contribution in [2.75, 3.05) is 40.5 Å². The normalized spacial score (nSPS) is 18.5. The van der Waals surface area contributed by atoms with E-state index in [1.165, 1.54) is 14.2 Å². The number of ether oxygens (including phenoxy) is 6. The van der Waals surface area contributed by atoms with Crippen LogP contribution in [0.3, 0.4) is 0 Å². The highest BCUT2D eigenvalue weighted by molar-refractivity contribution is 7.30. The fourth-order valence-electron chi connectivity index (χ4n) is 10.1. The minimum atomic E-state index is -0.414. The van der Waals surface area contributed by atoms with Gasteiger partial charge < -0.3 is 37.5 Å². The molecular formula is C67H100N2O10P2. The molecule has 0 N–H and O–H groups in total. The smallest absolute Gasteiger partial charge is 0.305 e. The summed E-state index contributed by atoms with van der Waals surface area (Å²) >= 11 is 0. The number of nitrogens with zero attached hydrogens (tertiary/aromatic N) is 2. The highest BCUT2D eigenvalue weighted by Crippen LogP contribution is 2.46. The number of esters is 2. The monoisotopic (exact) mass is 1150 g/mol. The molecule has 0 aliphatic carbocycles. The maximum atomic E-state index is 12.2. The van der Waals surface area contributed by atoms with Gasteiger partial charge in [-0.25, -0.2) is 0 Å². The molecule has 0 spiro atoms. The lowest BCUT2D eigenvalue weighted by atomic mass is 9.78. The van der Waals surface area contributed by atoms with E-state index >= 15 is 0 Å². The predicted octanol–water partition coefficient (Wildman–Crippen LogP) is 15.1. The van der Waals surface area contributed by atoms with Gasteiger partial charge in [0.25, 0.3) is 0 Å². The molecule has 2 fully saturated rings. The summed E-state index contributed by atoms with van der Waals surface area (Å²) in [6.45, 7) is 46.3. The van der Waals surface area contributed by atoms with Crippen molar-refractivity contribution in [3.05, 3.63) is 117 Å². The average molecular weight is 1160 g/mol. The van der Waals surface area contributed by atoms with E-state index in [0.29, 0.717) is 38.8 Å². The van der Waals surface area contributed by atoms with E-state index in [-0.39, 0.29) is 93.4 Å². The van der Waals surface area contributed by atoms with Crippen LogP contribution in [0.25, 0.3) is 0 Å². The summed E-state index contributed by atoms with van der Waals surface area (Å²) in [5.41, 5.74) is 7.33. The zero-order valence-corrected chi connectivity index (χ0v) is 55.4. The Balaban J connectivity index is 1.25. The van der Waals surface area contributed by atoms with Crippen LogP contribution < -0.4 is 18.9 Å². The zero-order valence-electron chi connectivity index (χ0n) is 53.4. The molecule has 448 valence electrons. The van der Waals surface area contributed by atoms with Crippen LogP contribution in [0.4, 0.5) is 0 Å². The topological polar surface area (TPSA) is 114 Å². The Labute approximate surface area is 491 Å². The first-order chi connectivity index (χ1) is 37.4. The third kappa shape index (κ3) is 17.4. The van der Waals surface area contributed by atoms with Gasteiger partial charge in [0.2, 0.25) is 0 Å². The zero-order chi connectivity index (χ0) is 60.3. The average Bonchev–Trinajstić information content (AvgIpc) is 4.09. The second kappa shape index (κ2) is 25.9. The van der Waals surface area contributed by atoms with Crippen molar-refractivity contribution in [2.45, 2.75) is 227 Å². The molecule has 0 saturated carbocycles. The van der Waals surface area contributed by atoms with Crippen molar-refractivity contribution < 1.29 is 47.1 Å². The molecule has 0 bridgehead atoms.